The molecular weight excluding hydrogens is 594 g/mol. The van der Waals surface area contributed by atoms with Gasteiger partial charge in [0.2, 0.25) is 0 Å². The monoisotopic (exact) mass is 614 g/mol. The first-order valence-electron chi connectivity index (χ1n) is 12.7. The van der Waals surface area contributed by atoms with Gasteiger partial charge in [-0.15, -0.1) is 0 Å². The van der Waals surface area contributed by atoms with E-state index >= 15 is 0 Å². The molecule has 0 saturated carbocycles. The topological polar surface area (TPSA) is 110 Å². The molecule has 1 N–H and O–H groups in total. The number of aliphatic carboxylic acids is 1. The van der Waals surface area contributed by atoms with Crippen LogP contribution in [-0.2, 0) is 23.6 Å². The Morgan fingerprint density at radius 2 is 1.23 bits per heavy atom. The van der Waals surface area contributed by atoms with Gasteiger partial charge in [0.05, 0.1) is 21.8 Å². The van der Waals surface area contributed by atoms with Crippen molar-refractivity contribution < 1.29 is 46.0 Å². The lowest BCUT2D eigenvalue weighted by Crippen LogP contribution is -2.24. The smallest absolute Gasteiger partial charge is 0.416 e. The van der Waals surface area contributed by atoms with Crippen LogP contribution < -0.4 is 0 Å². The molecule has 226 valence electrons. The lowest BCUT2D eigenvalue weighted by atomic mass is 9.94. The molecule has 1 atom stereocenters. The van der Waals surface area contributed by atoms with Crippen molar-refractivity contribution in [3.8, 4) is 0 Å². The molecule has 0 saturated heterocycles. The molecule has 0 radical (unpaired) electrons. The minimum absolute atomic E-state index is 0.134. The van der Waals surface area contributed by atoms with Crippen LogP contribution in [0, 0.1) is 10.1 Å². The van der Waals surface area contributed by atoms with Crippen molar-refractivity contribution >= 4 is 23.2 Å². The fourth-order valence-electron chi connectivity index (χ4n) is 4.38. The number of benzene rings is 4. The molecule has 4 rings (SSSR count). The van der Waals surface area contributed by atoms with E-state index in [4.69, 9.17) is 0 Å². The number of alkyl halides is 6. The highest BCUT2D eigenvalue weighted by atomic mass is 19.4. The summed E-state index contributed by atoms with van der Waals surface area (Å²) in [6, 6.07) is 18.3. The van der Waals surface area contributed by atoms with Gasteiger partial charge in [-0.2, -0.15) is 26.3 Å². The van der Waals surface area contributed by atoms with Crippen LogP contribution in [0.5, 0.6) is 0 Å². The van der Waals surface area contributed by atoms with Crippen LogP contribution in [-0.4, -0.2) is 33.5 Å². The van der Waals surface area contributed by atoms with Crippen LogP contribution in [0.2, 0.25) is 0 Å². The zero-order valence-electron chi connectivity index (χ0n) is 22.3. The molecule has 0 aliphatic heterocycles. The second kappa shape index (κ2) is 12.5. The number of nitro benzene ring substituents is 1. The fourth-order valence-corrected chi connectivity index (χ4v) is 4.38. The van der Waals surface area contributed by atoms with Crippen molar-refractivity contribution in [3.05, 3.63) is 146 Å². The molecule has 0 fully saturated rings. The lowest BCUT2D eigenvalue weighted by molar-refractivity contribution is -0.385. The van der Waals surface area contributed by atoms with E-state index in [0.717, 1.165) is 18.2 Å². The van der Waals surface area contributed by atoms with Gasteiger partial charge >= 0.3 is 18.3 Å². The lowest BCUT2D eigenvalue weighted by Gasteiger charge is -2.15. The number of aliphatic imine (C=N–C) groups is 1. The maximum absolute atomic E-state index is 13.4. The van der Waals surface area contributed by atoms with Crippen LogP contribution in [0.25, 0.3) is 0 Å². The molecule has 1 unspecified atom stereocenters. The largest absolute Gasteiger partial charge is 0.480 e. The van der Waals surface area contributed by atoms with Gasteiger partial charge in [0.1, 0.15) is 0 Å². The van der Waals surface area contributed by atoms with E-state index in [9.17, 15) is 51.2 Å². The predicted molar refractivity (Wildman–Crippen MR) is 147 cm³/mol. The van der Waals surface area contributed by atoms with Gasteiger partial charge < -0.3 is 5.11 Å². The second-order valence-corrected chi connectivity index (χ2v) is 9.49. The highest BCUT2D eigenvalue weighted by Crippen LogP contribution is 2.37. The Morgan fingerprint density at radius 1 is 0.727 bits per heavy atom. The third kappa shape index (κ3) is 7.35. The number of carbonyl (C=O) groups excluding carboxylic acids is 1. The molecule has 0 bridgehead atoms. The van der Waals surface area contributed by atoms with Gasteiger partial charge in [-0.25, -0.2) is 4.79 Å². The van der Waals surface area contributed by atoms with Crippen LogP contribution in [0.1, 0.15) is 43.7 Å². The van der Waals surface area contributed by atoms with Gasteiger partial charge in [0.25, 0.3) is 5.69 Å². The number of carboxylic acid groups (broad SMARTS) is 1. The quantitative estimate of drug-likeness (QED) is 0.0695. The molecular formula is C31H20F6N2O5. The summed E-state index contributed by atoms with van der Waals surface area (Å²) in [7, 11) is 0. The number of rotatable bonds is 9. The number of halogens is 6. The Labute approximate surface area is 245 Å². The summed E-state index contributed by atoms with van der Waals surface area (Å²) < 4.78 is 80.1. The number of hydrogen-bond donors (Lipinski definition) is 1. The van der Waals surface area contributed by atoms with Crippen molar-refractivity contribution in [1.82, 2.24) is 0 Å². The Bertz CT molecular complexity index is 1660. The van der Waals surface area contributed by atoms with Crippen molar-refractivity contribution in [3.63, 3.8) is 0 Å². The van der Waals surface area contributed by atoms with Crippen molar-refractivity contribution in [1.29, 1.82) is 0 Å². The maximum Gasteiger partial charge on any atom is 0.416 e. The third-order valence-electron chi connectivity index (χ3n) is 6.47. The normalized spacial score (nSPS) is 12.3. The molecule has 0 spiro atoms. The molecule has 7 nitrogen and oxygen atoms in total. The minimum atomic E-state index is -5.21. The standard InChI is InChI=1S/C31H20F6N2O5/c32-30(33,34)23-14-22(15-24(17-23)31(35,36)37)28(40)20-11-12-26(39(43)44)21(13-20)16-25(29(41)42)38-27(18-7-3-1-4-8-18)19-9-5-2-6-10-19/h1-15,17,25H,16H2,(H,41,42). The summed E-state index contributed by atoms with van der Waals surface area (Å²) >= 11 is 0. The highest BCUT2D eigenvalue weighted by Gasteiger charge is 2.38. The number of carbonyl (C=O) groups is 2. The van der Waals surface area contributed by atoms with Gasteiger partial charge in [0, 0.05) is 40.3 Å². The van der Waals surface area contributed by atoms with Crippen LogP contribution in [0.4, 0.5) is 32.0 Å². The Hall–Kier alpha value is -5.33. The SMILES string of the molecule is O=C(c1cc(C(F)(F)F)cc(C(F)(F)F)c1)c1ccc([N+](=O)[O-])c(CC(N=C(c2ccccc2)c2ccccc2)C(=O)O)c1. The molecule has 44 heavy (non-hydrogen) atoms. The summed E-state index contributed by atoms with van der Waals surface area (Å²) in [6.07, 6.45) is -11.1. The summed E-state index contributed by atoms with van der Waals surface area (Å²) in [4.78, 5) is 40.8. The highest BCUT2D eigenvalue weighted by molar-refractivity contribution is 6.13. The van der Waals surface area contributed by atoms with E-state index in [0.29, 0.717) is 11.1 Å². The van der Waals surface area contributed by atoms with E-state index in [1.807, 2.05) is 0 Å². The zero-order valence-corrected chi connectivity index (χ0v) is 22.3. The number of nitrogens with zero attached hydrogens (tertiary/aromatic N) is 2. The fraction of sp³-hybridized carbons (Fsp3) is 0.129. The van der Waals surface area contributed by atoms with Crippen LogP contribution in [0.3, 0.4) is 0 Å². The first kappa shape index (κ1) is 31.6. The Balaban J connectivity index is 1.81. The Morgan fingerprint density at radius 3 is 1.66 bits per heavy atom. The molecule has 0 aromatic heterocycles. The first-order valence-corrected chi connectivity index (χ1v) is 12.7. The third-order valence-corrected chi connectivity index (χ3v) is 6.47. The van der Waals surface area contributed by atoms with Crippen molar-refractivity contribution in [2.24, 2.45) is 4.99 Å². The molecule has 0 heterocycles. The number of ketones is 1. The predicted octanol–water partition coefficient (Wildman–Crippen LogP) is 7.40. The molecule has 0 amide bonds. The Kier molecular flexibility index (Phi) is 8.97. The van der Waals surface area contributed by atoms with E-state index in [1.165, 1.54) is 0 Å². The number of carboxylic acids is 1. The molecule has 4 aromatic rings. The minimum Gasteiger partial charge on any atom is -0.480 e. The summed E-state index contributed by atoms with van der Waals surface area (Å²) in [5.41, 5.74) is -4.50. The van der Waals surface area contributed by atoms with E-state index < -0.39 is 69.4 Å². The van der Waals surface area contributed by atoms with E-state index in [-0.39, 0.29) is 29.5 Å². The summed E-state index contributed by atoms with van der Waals surface area (Å²) in [5.74, 6) is -2.77. The molecule has 0 aliphatic rings. The van der Waals surface area contributed by atoms with Gasteiger partial charge in [-0.05, 0) is 30.3 Å². The van der Waals surface area contributed by atoms with Crippen molar-refractivity contribution in [2.75, 3.05) is 0 Å². The average Bonchev–Trinajstić information content (AvgIpc) is 2.98. The van der Waals surface area contributed by atoms with Crippen molar-refractivity contribution in [2.45, 2.75) is 24.8 Å². The van der Waals surface area contributed by atoms with E-state index in [2.05, 4.69) is 4.99 Å². The number of nitro groups is 1. The average molecular weight is 614 g/mol. The van der Waals surface area contributed by atoms with Crippen LogP contribution in [0.15, 0.2) is 102 Å². The second-order valence-electron chi connectivity index (χ2n) is 9.49. The van der Waals surface area contributed by atoms with E-state index in [1.54, 1.807) is 60.7 Å². The number of hydrogen-bond acceptors (Lipinski definition) is 5. The molecule has 0 aliphatic carbocycles. The molecule has 4 aromatic carbocycles. The molecule has 13 heteroatoms. The van der Waals surface area contributed by atoms with Crippen LogP contribution >= 0.6 is 0 Å². The maximum atomic E-state index is 13.4. The van der Waals surface area contributed by atoms with Gasteiger partial charge in [-0.1, -0.05) is 60.7 Å². The zero-order chi connectivity index (χ0) is 32.2. The summed E-state index contributed by atoms with van der Waals surface area (Å²) in [6.45, 7) is 0. The first-order chi connectivity index (χ1) is 20.6. The van der Waals surface area contributed by atoms with Gasteiger partial charge in [-0.3, -0.25) is 19.9 Å². The van der Waals surface area contributed by atoms with Gasteiger partial charge in [0.15, 0.2) is 11.8 Å². The summed E-state index contributed by atoms with van der Waals surface area (Å²) in [5, 5.41) is 21.8.